The number of thiophene rings is 1. The van der Waals surface area contributed by atoms with Gasteiger partial charge >= 0.3 is 0 Å². The molecule has 3 aromatic heterocycles. The van der Waals surface area contributed by atoms with Gasteiger partial charge < -0.3 is 14.5 Å². The van der Waals surface area contributed by atoms with Crippen LogP contribution >= 0.6 is 11.3 Å². The minimum absolute atomic E-state index is 0.362. The highest BCUT2D eigenvalue weighted by Gasteiger charge is 2.16. The van der Waals surface area contributed by atoms with Gasteiger partial charge in [0.15, 0.2) is 5.82 Å². The molecule has 4 rings (SSSR count). The number of benzene rings is 1. The van der Waals surface area contributed by atoms with E-state index in [4.69, 9.17) is 9.15 Å². The zero-order valence-corrected chi connectivity index (χ0v) is 16.3. The lowest BCUT2D eigenvalue weighted by molar-refractivity contribution is 0.178. The number of anilines is 1. The van der Waals surface area contributed by atoms with Crippen LogP contribution < -0.4 is 5.32 Å². The molecule has 0 unspecified atom stereocenters. The van der Waals surface area contributed by atoms with E-state index in [1.807, 2.05) is 32.0 Å². The minimum Gasteiger partial charge on any atom is -0.444 e. The van der Waals surface area contributed by atoms with Crippen molar-refractivity contribution in [2.24, 2.45) is 0 Å². The molecule has 0 atom stereocenters. The van der Waals surface area contributed by atoms with Gasteiger partial charge in [0.2, 0.25) is 5.89 Å². The van der Waals surface area contributed by atoms with Crippen molar-refractivity contribution in [1.29, 1.82) is 0 Å². The summed E-state index contributed by atoms with van der Waals surface area (Å²) in [7, 11) is 1.64. The van der Waals surface area contributed by atoms with Gasteiger partial charge in [0.05, 0.1) is 17.6 Å². The second kappa shape index (κ2) is 7.46. The topological polar surface area (TPSA) is 73.1 Å². The monoisotopic (exact) mass is 380 g/mol. The Kier molecular flexibility index (Phi) is 4.87. The maximum atomic E-state index is 5.68. The molecule has 1 aromatic carbocycles. The average molecular weight is 380 g/mol. The number of nitrogens with zero attached hydrogens (tertiary/aromatic N) is 3. The maximum Gasteiger partial charge on any atom is 0.213 e. The molecule has 0 saturated carbocycles. The average Bonchev–Trinajstić information content (AvgIpc) is 3.24. The van der Waals surface area contributed by atoms with Gasteiger partial charge in [-0.05, 0) is 19.4 Å². The third kappa shape index (κ3) is 3.56. The molecule has 0 fully saturated rings. The predicted molar refractivity (Wildman–Crippen MR) is 107 cm³/mol. The summed E-state index contributed by atoms with van der Waals surface area (Å²) in [6, 6.07) is 10.3. The van der Waals surface area contributed by atoms with Crippen LogP contribution in [-0.4, -0.2) is 22.1 Å². The van der Waals surface area contributed by atoms with Gasteiger partial charge in [-0.15, -0.1) is 11.3 Å². The third-order valence-corrected chi connectivity index (χ3v) is 5.19. The molecule has 0 amide bonds. The van der Waals surface area contributed by atoms with Crippen LogP contribution in [0, 0.1) is 13.8 Å². The summed E-state index contributed by atoms with van der Waals surface area (Å²) in [5.74, 6) is 2.89. The van der Waals surface area contributed by atoms with E-state index in [1.165, 1.54) is 0 Å². The van der Waals surface area contributed by atoms with Crippen molar-refractivity contribution >= 4 is 27.4 Å². The van der Waals surface area contributed by atoms with Crippen LogP contribution in [0.25, 0.3) is 21.3 Å². The summed E-state index contributed by atoms with van der Waals surface area (Å²) >= 11 is 1.61. The zero-order chi connectivity index (χ0) is 18.8. The second-order valence-electron chi connectivity index (χ2n) is 6.22. The van der Waals surface area contributed by atoms with Gasteiger partial charge in [-0.2, -0.15) is 0 Å². The van der Waals surface area contributed by atoms with E-state index in [-0.39, 0.29) is 0 Å². The number of aryl methyl sites for hydroxylation is 2. The molecule has 0 radical (unpaired) electrons. The molecule has 3 heterocycles. The second-order valence-corrected chi connectivity index (χ2v) is 7.08. The van der Waals surface area contributed by atoms with Gasteiger partial charge in [0.25, 0.3) is 0 Å². The van der Waals surface area contributed by atoms with E-state index in [9.17, 15) is 0 Å². The minimum atomic E-state index is 0.362. The van der Waals surface area contributed by atoms with E-state index in [0.717, 1.165) is 38.6 Å². The van der Waals surface area contributed by atoms with Crippen molar-refractivity contribution in [3.63, 3.8) is 0 Å². The summed E-state index contributed by atoms with van der Waals surface area (Å²) in [5.41, 5.74) is 3.15. The highest BCUT2D eigenvalue weighted by Crippen LogP contribution is 2.37. The molecule has 0 aliphatic heterocycles. The summed E-state index contributed by atoms with van der Waals surface area (Å²) < 4.78 is 10.9. The fourth-order valence-electron chi connectivity index (χ4n) is 2.91. The Balaban J connectivity index is 1.76. The number of hydrogen-bond acceptors (Lipinski definition) is 7. The van der Waals surface area contributed by atoms with Crippen LogP contribution in [0.1, 0.15) is 23.2 Å². The van der Waals surface area contributed by atoms with Crippen LogP contribution in [-0.2, 0) is 17.9 Å². The van der Waals surface area contributed by atoms with Crippen LogP contribution in [0.3, 0.4) is 0 Å². The van der Waals surface area contributed by atoms with Crippen LogP contribution in [0.4, 0.5) is 5.82 Å². The zero-order valence-electron chi connectivity index (χ0n) is 15.4. The molecular weight excluding hydrogens is 360 g/mol. The Labute approximate surface area is 161 Å². The fourth-order valence-corrected chi connectivity index (χ4v) is 3.88. The van der Waals surface area contributed by atoms with Crippen LogP contribution in [0.2, 0.25) is 0 Å². The van der Waals surface area contributed by atoms with Crippen LogP contribution in [0.15, 0.2) is 40.1 Å². The Morgan fingerprint density at radius 3 is 2.63 bits per heavy atom. The molecular formula is C20H20N4O2S. The number of methoxy groups -OCH3 is 1. The van der Waals surface area contributed by atoms with Crippen molar-refractivity contribution in [1.82, 2.24) is 15.0 Å². The Bertz CT molecular complexity index is 1050. The normalized spacial score (nSPS) is 11.2. The maximum absolute atomic E-state index is 5.68. The first-order valence-electron chi connectivity index (χ1n) is 8.65. The molecule has 0 spiro atoms. The van der Waals surface area contributed by atoms with Gasteiger partial charge in [-0.25, -0.2) is 15.0 Å². The fraction of sp³-hybridized carbons (Fsp3) is 0.250. The number of nitrogens with one attached hydrogen (secondary N) is 1. The lowest BCUT2D eigenvalue weighted by Gasteiger charge is -2.09. The largest absolute Gasteiger partial charge is 0.444 e. The van der Waals surface area contributed by atoms with Crippen molar-refractivity contribution in [3.8, 4) is 11.1 Å². The van der Waals surface area contributed by atoms with Gasteiger partial charge in [-0.1, -0.05) is 30.3 Å². The molecule has 27 heavy (non-hydrogen) atoms. The number of hydrogen-bond donors (Lipinski definition) is 1. The summed E-state index contributed by atoms with van der Waals surface area (Å²) in [6.07, 6.45) is 0. The summed E-state index contributed by atoms with van der Waals surface area (Å²) in [5, 5.41) is 6.51. The highest BCUT2D eigenvalue weighted by molar-refractivity contribution is 7.17. The van der Waals surface area contributed by atoms with Gasteiger partial charge in [0.1, 0.15) is 23.0 Å². The Morgan fingerprint density at radius 2 is 1.93 bits per heavy atom. The molecule has 0 aliphatic carbocycles. The predicted octanol–water partition coefficient (Wildman–Crippen LogP) is 4.72. The molecule has 4 aromatic rings. The summed E-state index contributed by atoms with van der Waals surface area (Å²) in [6.45, 7) is 4.67. The summed E-state index contributed by atoms with van der Waals surface area (Å²) in [4.78, 5) is 14.7. The number of ether oxygens (including phenoxy) is 1. The SMILES string of the molecule is COCc1nc(NCc2nc(C)c(C)o2)c2c(-c3ccccc3)csc2n1. The van der Waals surface area contributed by atoms with E-state index in [2.05, 4.69) is 37.8 Å². The van der Waals surface area contributed by atoms with E-state index in [1.54, 1.807) is 18.4 Å². The Morgan fingerprint density at radius 1 is 1.11 bits per heavy atom. The number of aromatic nitrogens is 3. The first-order valence-corrected chi connectivity index (χ1v) is 9.53. The molecule has 6 nitrogen and oxygen atoms in total. The lowest BCUT2D eigenvalue weighted by atomic mass is 10.1. The number of oxazole rings is 1. The standard InChI is InChI=1S/C20H20N4O2S/c1-12-13(2)26-17(22-12)9-21-19-18-15(14-7-5-4-6-8-14)11-27-20(18)24-16(23-19)10-25-3/h4-8,11H,9-10H2,1-3H3,(H,21,23,24). The van der Waals surface area contributed by atoms with Crippen molar-refractivity contribution < 1.29 is 9.15 Å². The highest BCUT2D eigenvalue weighted by atomic mass is 32.1. The molecule has 7 heteroatoms. The first-order chi connectivity index (χ1) is 13.2. The first kappa shape index (κ1) is 17.6. The molecule has 138 valence electrons. The lowest BCUT2D eigenvalue weighted by Crippen LogP contribution is -2.06. The quantitative estimate of drug-likeness (QED) is 0.522. The van der Waals surface area contributed by atoms with Crippen LogP contribution in [0.5, 0.6) is 0 Å². The third-order valence-electron chi connectivity index (χ3n) is 4.32. The molecule has 0 saturated heterocycles. The molecule has 0 bridgehead atoms. The van der Waals surface area contributed by atoms with Crippen molar-refractivity contribution in [2.45, 2.75) is 27.0 Å². The van der Waals surface area contributed by atoms with Crippen molar-refractivity contribution in [2.75, 3.05) is 12.4 Å². The van der Waals surface area contributed by atoms with E-state index < -0.39 is 0 Å². The van der Waals surface area contributed by atoms with Crippen molar-refractivity contribution in [3.05, 3.63) is 58.9 Å². The van der Waals surface area contributed by atoms with E-state index >= 15 is 0 Å². The van der Waals surface area contributed by atoms with E-state index in [0.29, 0.717) is 24.9 Å². The van der Waals surface area contributed by atoms with Gasteiger partial charge in [-0.3, -0.25) is 0 Å². The molecule has 0 aliphatic rings. The number of rotatable bonds is 6. The molecule has 1 N–H and O–H groups in total. The Hall–Kier alpha value is -2.77. The van der Waals surface area contributed by atoms with Gasteiger partial charge in [0, 0.05) is 18.1 Å². The smallest absolute Gasteiger partial charge is 0.213 e. The number of fused-ring (bicyclic) bond motifs is 1.